The first-order valence-corrected chi connectivity index (χ1v) is 8.12. The third-order valence-corrected chi connectivity index (χ3v) is 5.45. The molecule has 3 aliphatic rings. The normalized spacial score (nSPS) is 36.8. The topological polar surface area (TPSA) is 15.3 Å². The zero-order valence-corrected chi connectivity index (χ0v) is 11.0. The van der Waals surface area contributed by atoms with E-state index in [9.17, 15) is 0 Å². The maximum Gasteiger partial charge on any atom is 0.0158 e. The minimum Gasteiger partial charge on any atom is -0.313 e. The number of nitrogens with zero attached hydrogens (tertiary/aromatic N) is 1. The van der Waals surface area contributed by atoms with Crippen molar-refractivity contribution in [1.82, 2.24) is 10.2 Å². The Morgan fingerprint density at radius 3 is 2.88 bits per heavy atom. The minimum absolute atomic E-state index is 0.814. The van der Waals surface area contributed by atoms with Gasteiger partial charge < -0.3 is 10.2 Å². The molecule has 3 heteroatoms. The fourth-order valence-corrected chi connectivity index (χ4v) is 4.14. The molecule has 2 atom stereocenters. The monoisotopic (exact) mass is 240 g/mol. The number of thioether (sulfide) groups is 1. The maximum atomic E-state index is 3.80. The first kappa shape index (κ1) is 11.4. The van der Waals surface area contributed by atoms with Gasteiger partial charge in [0, 0.05) is 24.4 Å². The van der Waals surface area contributed by atoms with E-state index in [0.29, 0.717) is 0 Å². The summed E-state index contributed by atoms with van der Waals surface area (Å²) in [5, 5.41) is 3.80. The predicted molar refractivity (Wildman–Crippen MR) is 71.1 cm³/mol. The van der Waals surface area contributed by atoms with Gasteiger partial charge in [-0.1, -0.05) is 0 Å². The van der Waals surface area contributed by atoms with Crippen LogP contribution in [0.2, 0.25) is 0 Å². The van der Waals surface area contributed by atoms with Crippen molar-refractivity contribution in [2.24, 2.45) is 5.92 Å². The molecule has 3 fully saturated rings. The smallest absolute Gasteiger partial charge is 0.0158 e. The predicted octanol–water partition coefficient (Wildman–Crippen LogP) is 1.96. The molecule has 2 nitrogen and oxygen atoms in total. The number of nitrogens with one attached hydrogen (secondary N) is 1. The minimum atomic E-state index is 0.814. The zero-order chi connectivity index (χ0) is 10.8. The van der Waals surface area contributed by atoms with Crippen molar-refractivity contribution in [3.63, 3.8) is 0 Å². The lowest BCUT2D eigenvalue weighted by atomic mass is 10.1. The van der Waals surface area contributed by atoms with Crippen molar-refractivity contribution >= 4 is 11.8 Å². The van der Waals surface area contributed by atoms with Gasteiger partial charge in [0.2, 0.25) is 0 Å². The van der Waals surface area contributed by atoms with E-state index < -0.39 is 0 Å². The molecule has 92 valence electrons. The van der Waals surface area contributed by atoms with E-state index >= 15 is 0 Å². The van der Waals surface area contributed by atoms with Crippen molar-refractivity contribution in [3.8, 4) is 0 Å². The average Bonchev–Trinajstić information content (AvgIpc) is 3.08. The molecule has 2 unspecified atom stereocenters. The van der Waals surface area contributed by atoms with Gasteiger partial charge in [0.05, 0.1) is 0 Å². The second-order valence-electron chi connectivity index (χ2n) is 5.70. The first-order chi connectivity index (χ1) is 7.92. The van der Waals surface area contributed by atoms with Gasteiger partial charge >= 0.3 is 0 Å². The highest BCUT2D eigenvalue weighted by atomic mass is 32.2. The summed E-state index contributed by atoms with van der Waals surface area (Å²) in [6.07, 6.45) is 7.20. The Bertz CT molecular complexity index is 224. The van der Waals surface area contributed by atoms with Gasteiger partial charge in [0.15, 0.2) is 0 Å². The van der Waals surface area contributed by atoms with Crippen molar-refractivity contribution in [1.29, 1.82) is 0 Å². The fraction of sp³-hybridized carbons (Fsp3) is 1.00. The van der Waals surface area contributed by atoms with Crippen LogP contribution in [0.1, 0.15) is 32.1 Å². The molecule has 2 heterocycles. The summed E-state index contributed by atoms with van der Waals surface area (Å²) < 4.78 is 0. The van der Waals surface area contributed by atoms with Gasteiger partial charge in [-0.15, -0.1) is 0 Å². The molecule has 1 saturated carbocycles. The quantitative estimate of drug-likeness (QED) is 0.809. The van der Waals surface area contributed by atoms with E-state index in [2.05, 4.69) is 22.0 Å². The summed E-state index contributed by atoms with van der Waals surface area (Å²) in [6.45, 7) is 4.02. The molecule has 16 heavy (non-hydrogen) atoms. The molecule has 0 bridgehead atoms. The van der Waals surface area contributed by atoms with Crippen molar-refractivity contribution < 1.29 is 0 Å². The lowest BCUT2D eigenvalue weighted by Crippen LogP contribution is -2.37. The van der Waals surface area contributed by atoms with Crippen LogP contribution in [0.3, 0.4) is 0 Å². The summed E-state index contributed by atoms with van der Waals surface area (Å²) in [7, 11) is 0. The van der Waals surface area contributed by atoms with E-state index in [-0.39, 0.29) is 0 Å². The Morgan fingerprint density at radius 1 is 1.19 bits per heavy atom. The molecule has 0 aromatic rings. The van der Waals surface area contributed by atoms with Crippen LogP contribution in [0.4, 0.5) is 0 Å². The van der Waals surface area contributed by atoms with Gasteiger partial charge in [-0.25, -0.2) is 0 Å². The van der Waals surface area contributed by atoms with E-state index in [0.717, 1.165) is 18.0 Å². The third-order valence-electron chi connectivity index (χ3n) is 4.24. The summed E-state index contributed by atoms with van der Waals surface area (Å²) in [4.78, 5) is 2.72. The number of hydrogen-bond donors (Lipinski definition) is 1. The standard InChI is InChI=1S/C13H24N2S/c1-2-12(10-16-7-1)14-8-11-5-6-15(9-11)13-3-4-13/h11-14H,1-10H2. The molecule has 2 saturated heterocycles. The van der Waals surface area contributed by atoms with Crippen LogP contribution in [-0.4, -0.2) is 48.1 Å². The Kier molecular flexibility index (Phi) is 3.75. The summed E-state index contributed by atoms with van der Waals surface area (Å²) in [6, 6.07) is 1.80. The van der Waals surface area contributed by atoms with Gasteiger partial charge in [-0.2, -0.15) is 11.8 Å². The second kappa shape index (κ2) is 5.28. The molecule has 2 aliphatic heterocycles. The van der Waals surface area contributed by atoms with Crippen LogP contribution in [0, 0.1) is 5.92 Å². The fourth-order valence-electron chi connectivity index (χ4n) is 3.04. The third kappa shape index (κ3) is 2.93. The van der Waals surface area contributed by atoms with E-state index in [1.807, 2.05) is 0 Å². The Balaban J connectivity index is 1.35. The highest BCUT2D eigenvalue weighted by Gasteiger charge is 2.34. The Hall–Kier alpha value is 0.270. The molecule has 0 aromatic carbocycles. The summed E-state index contributed by atoms with van der Waals surface area (Å²) in [5.74, 6) is 3.67. The largest absolute Gasteiger partial charge is 0.313 e. The Labute approximate surface area is 104 Å². The van der Waals surface area contributed by atoms with Crippen LogP contribution in [0.25, 0.3) is 0 Å². The van der Waals surface area contributed by atoms with Crippen LogP contribution in [0.15, 0.2) is 0 Å². The molecule has 1 N–H and O–H groups in total. The van der Waals surface area contributed by atoms with E-state index in [1.54, 1.807) is 0 Å². The van der Waals surface area contributed by atoms with Gasteiger partial charge in [-0.3, -0.25) is 0 Å². The Morgan fingerprint density at radius 2 is 2.12 bits per heavy atom. The molecule has 3 rings (SSSR count). The van der Waals surface area contributed by atoms with Gasteiger partial charge in [0.1, 0.15) is 0 Å². The first-order valence-electron chi connectivity index (χ1n) is 6.97. The lowest BCUT2D eigenvalue weighted by Gasteiger charge is -2.24. The molecule has 0 amide bonds. The molecule has 0 spiro atoms. The lowest BCUT2D eigenvalue weighted by molar-refractivity contribution is 0.309. The molecular weight excluding hydrogens is 216 g/mol. The van der Waals surface area contributed by atoms with Crippen LogP contribution in [-0.2, 0) is 0 Å². The second-order valence-corrected chi connectivity index (χ2v) is 6.85. The van der Waals surface area contributed by atoms with Gasteiger partial charge in [0.25, 0.3) is 0 Å². The molecule has 1 aliphatic carbocycles. The number of hydrogen-bond acceptors (Lipinski definition) is 3. The zero-order valence-electron chi connectivity index (χ0n) is 10.2. The summed E-state index contributed by atoms with van der Waals surface area (Å²) >= 11 is 2.13. The van der Waals surface area contributed by atoms with Crippen molar-refractivity contribution in [2.45, 2.75) is 44.2 Å². The van der Waals surface area contributed by atoms with Crippen molar-refractivity contribution in [3.05, 3.63) is 0 Å². The molecule has 0 radical (unpaired) electrons. The van der Waals surface area contributed by atoms with E-state index in [1.165, 1.54) is 63.2 Å². The highest BCUT2D eigenvalue weighted by Crippen LogP contribution is 2.31. The van der Waals surface area contributed by atoms with Crippen LogP contribution in [0.5, 0.6) is 0 Å². The maximum absolute atomic E-state index is 3.80. The highest BCUT2D eigenvalue weighted by molar-refractivity contribution is 7.99. The number of likely N-dealkylation sites (tertiary alicyclic amines) is 1. The van der Waals surface area contributed by atoms with Gasteiger partial charge in [-0.05, 0) is 56.9 Å². The summed E-state index contributed by atoms with van der Waals surface area (Å²) in [5.41, 5.74) is 0. The average molecular weight is 240 g/mol. The van der Waals surface area contributed by atoms with Crippen LogP contribution < -0.4 is 5.32 Å². The SMILES string of the molecule is C1CSCC(NCC2CCN(C3CC3)C2)C1. The van der Waals surface area contributed by atoms with E-state index in [4.69, 9.17) is 0 Å². The molecule has 0 aromatic heterocycles. The number of rotatable bonds is 4. The van der Waals surface area contributed by atoms with Crippen molar-refractivity contribution in [2.75, 3.05) is 31.1 Å². The molecular formula is C13H24N2S. The van der Waals surface area contributed by atoms with Crippen LogP contribution >= 0.6 is 11.8 Å².